The maximum atomic E-state index is 11.0. The van der Waals surface area contributed by atoms with Crippen LogP contribution in [0.25, 0.3) is 0 Å². The lowest BCUT2D eigenvalue weighted by atomic mass is 10.1. The number of carbonyl (C=O) groups is 1. The first-order valence-corrected chi connectivity index (χ1v) is 5.37. The number of nitrogens with zero attached hydrogens (tertiary/aromatic N) is 1. The summed E-state index contributed by atoms with van der Waals surface area (Å²) < 4.78 is 0. The van der Waals surface area contributed by atoms with Crippen LogP contribution in [0.4, 0.5) is 0 Å². The molecule has 3 nitrogen and oxygen atoms in total. The fourth-order valence-electron chi connectivity index (χ4n) is 1.35. The Bertz CT molecular complexity index is 196. The normalized spacial score (nSPS) is 11.8. The molecule has 0 rings (SSSR count). The van der Waals surface area contributed by atoms with Crippen molar-refractivity contribution in [2.24, 2.45) is 0 Å². The Kier molecular flexibility index (Phi) is 7.92. The van der Waals surface area contributed by atoms with Crippen LogP contribution >= 0.6 is 0 Å². The molecule has 1 N–H and O–H groups in total. The highest BCUT2D eigenvalue weighted by molar-refractivity contribution is 5.78. The molecule has 0 fully saturated rings. The zero-order valence-electron chi connectivity index (χ0n) is 9.18. The van der Waals surface area contributed by atoms with Crippen molar-refractivity contribution < 1.29 is 4.79 Å². The van der Waals surface area contributed by atoms with E-state index in [1.54, 1.807) is 0 Å². The maximum absolute atomic E-state index is 11.0. The monoisotopic (exact) mass is 196 g/mol. The molecule has 80 valence electrons. The van der Waals surface area contributed by atoms with Gasteiger partial charge < -0.3 is 5.32 Å². The number of amides is 1. The van der Waals surface area contributed by atoms with Crippen molar-refractivity contribution in [3.8, 4) is 6.07 Å². The Morgan fingerprint density at radius 2 is 2.14 bits per heavy atom. The van der Waals surface area contributed by atoms with Crippen molar-refractivity contribution in [3.63, 3.8) is 0 Å². The molecule has 0 saturated carbocycles. The van der Waals surface area contributed by atoms with E-state index in [-0.39, 0.29) is 18.4 Å². The highest BCUT2D eigenvalue weighted by atomic mass is 16.1. The minimum Gasteiger partial charge on any atom is -0.353 e. The third-order valence-electron chi connectivity index (χ3n) is 2.14. The third-order valence-corrected chi connectivity index (χ3v) is 2.14. The molecule has 0 aliphatic heterocycles. The van der Waals surface area contributed by atoms with Gasteiger partial charge in [-0.2, -0.15) is 5.26 Å². The van der Waals surface area contributed by atoms with E-state index in [4.69, 9.17) is 5.26 Å². The lowest BCUT2D eigenvalue weighted by Gasteiger charge is -2.12. The van der Waals surface area contributed by atoms with E-state index in [1.165, 1.54) is 19.3 Å². The van der Waals surface area contributed by atoms with Gasteiger partial charge in [0.15, 0.2) is 0 Å². The quantitative estimate of drug-likeness (QED) is 0.635. The lowest BCUT2D eigenvalue weighted by molar-refractivity contribution is -0.120. The van der Waals surface area contributed by atoms with Gasteiger partial charge >= 0.3 is 0 Å². The SMILES string of the molecule is CCCCCCC(C)NC(=O)CC#N. The van der Waals surface area contributed by atoms with E-state index in [0.717, 1.165) is 12.8 Å². The predicted molar refractivity (Wildman–Crippen MR) is 56.6 cm³/mol. The first-order chi connectivity index (χ1) is 6.70. The number of hydrogen-bond donors (Lipinski definition) is 1. The number of nitrogens with one attached hydrogen (secondary N) is 1. The summed E-state index contributed by atoms with van der Waals surface area (Å²) in [4.78, 5) is 11.0. The Morgan fingerprint density at radius 1 is 1.43 bits per heavy atom. The van der Waals surface area contributed by atoms with Gasteiger partial charge in [0.2, 0.25) is 5.91 Å². The molecule has 0 aliphatic carbocycles. The molecule has 1 amide bonds. The van der Waals surface area contributed by atoms with Crippen molar-refractivity contribution in [1.29, 1.82) is 5.26 Å². The summed E-state index contributed by atoms with van der Waals surface area (Å²) in [6.07, 6.45) is 5.86. The van der Waals surface area contributed by atoms with E-state index in [9.17, 15) is 4.79 Å². The van der Waals surface area contributed by atoms with Crippen LogP contribution in [-0.2, 0) is 4.79 Å². The van der Waals surface area contributed by atoms with Crippen LogP contribution in [-0.4, -0.2) is 11.9 Å². The number of carbonyl (C=O) groups excluding carboxylic acids is 1. The van der Waals surface area contributed by atoms with Crippen molar-refractivity contribution in [3.05, 3.63) is 0 Å². The van der Waals surface area contributed by atoms with Crippen LogP contribution in [0.2, 0.25) is 0 Å². The van der Waals surface area contributed by atoms with Crippen LogP contribution < -0.4 is 5.32 Å². The molecule has 0 bridgehead atoms. The highest BCUT2D eigenvalue weighted by Crippen LogP contribution is 2.05. The van der Waals surface area contributed by atoms with Crippen molar-refractivity contribution in [2.45, 2.75) is 58.4 Å². The largest absolute Gasteiger partial charge is 0.353 e. The molecule has 0 spiro atoms. The molecule has 0 aliphatic rings. The van der Waals surface area contributed by atoms with Crippen molar-refractivity contribution in [1.82, 2.24) is 5.32 Å². The summed E-state index contributed by atoms with van der Waals surface area (Å²) in [6.45, 7) is 4.17. The standard InChI is InChI=1S/C11H20N2O/c1-3-4-5-6-7-10(2)13-11(14)8-9-12/h10H,3-8H2,1-2H3,(H,13,14). The molecule has 1 unspecified atom stereocenters. The molecule has 1 atom stereocenters. The molecule has 0 aromatic carbocycles. The fourth-order valence-corrected chi connectivity index (χ4v) is 1.35. The summed E-state index contributed by atoms with van der Waals surface area (Å²) in [7, 11) is 0. The number of nitriles is 1. The van der Waals surface area contributed by atoms with E-state index in [2.05, 4.69) is 12.2 Å². The van der Waals surface area contributed by atoms with Gasteiger partial charge in [0, 0.05) is 6.04 Å². The van der Waals surface area contributed by atoms with Gasteiger partial charge in [0.1, 0.15) is 6.42 Å². The van der Waals surface area contributed by atoms with Crippen LogP contribution in [0.1, 0.15) is 52.4 Å². The van der Waals surface area contributed by atoms with Crippen LogP contribution in [0, 0.1) is 11.3 Å². The Morgan fingerprint density at radius 3 is 2.71 bits per heavy atom. The first-order valence-electron chi connectivity index (χ1n) is 5.37. The highest BCUT2D eigenvalue weighted by Gasteiger charge is 2.05. The second-order valence-electron chi connectivity index (χ2n) is 3.65. The molecule has 0 aromatic rings. The molecule has 3 heteroatoms. The van der Waals surface area contributed by atoms with Gasteiger partial charge in [-0.15, -0.1) is 0 Å². The topological polar surface area (TPSA) is 52.9 Å². The molecule has 0 aromatic heterocycles. The van der Waals surface area contributed by atoms with E-state index >= 15 is 0 Å². The van der Waals surface area contributed by atoms with Crippen molar-refractivity contribution in [2.75, 3.05) is 0 Å². The molecular formula is C11H20N2O. The second kappa shape index (κ2) is 8.55. The third kappa shape index (κ3) is 7.60. The van der Waals surface area contributed by atoms with E-state index < -0.39 is 0 Å². The van der Waals surface area contributed by atoms with Crippen LogP contribution in [0.3, 0.4) is 0 Å². The van der Waals surface area contributed by atoms with Gasteiger partial charge in [-0.25, -0.2) is 0 Å². The summed E-state index contributed by atoms with van der Waals surface area (Å²) in [5, 5.41) is 11.1. The minimum absolute atomic E-state index is 0.0285. The Hall–Kier alpha value is -1.04. The van der Waals surface area contributed by atoms with Crippen LogP contribution in [0.15, 0.2) is 0 Å². The Balaban J connectivity index is 3.41. The van der Waals surface area contributed by atoms with Gasteiger partial charge in [0.05, 0.1) is 6.07 Å². The summed E-state index contributed by atoms with van der Waals surface area (Å²) in [6, 6.07) is 2.04. The smallest absolute Gasteiger partial charge is 0.234 e. The molecule has 14 heavy (non-hydrogen) atoms. The zero-order chi connectivity index (χ0) is 10.8. The average molecular weight is 196 g/mol. The predicted octanol–water partition coefficient (Wildman–Crippen LogP) is 2.38. The molecule has 0 radical (unpaired) electrons. The second-order valence-corrected chi connectivity index (χ2v) is 3.65. The van der Waals surface area contributed by atoms with E-state index in [0.29, 0.717) is 0 Å². The minimum atomic E-state index is -0.157. The average Bonchev–Trinajstić information content (AvgIpc) is 2.13. The number of hydrogen-bond acceptors (Lipinski definition) is 2. The van der Waals surface area contributed by atoms with Gasteiger partial charge in [-0.3, -0.25) is 4.79 Å². The zero-order valence-corrected chi connectivity index (χ0v) is 9.18. The lowest BCUT2D eigenvalue weighted by Crippen LogP contribution is -2.31. The fraction of sp³-hybridized carbons (Fsp3) is 0.818. The van der Waals surface area contributed by atoms with Crippen LogP contribution in [0.5, 0.6) is 0 Å². The Labute approximate surface area is 86.5 Å². The maximum Gasteiger partial charge on any atom is 0.234 e. The summed E-state index contributed by atoms with van der Waals surface area (Å²) in [5.41, 5.74) is 0. The van der Waals surface area contributed by atoms with Gasteiger partial charge in [0.25, 0.3) is 0 Å². The van der Waals surface area contributed by atoms with Crippen molar-refractivity contribution >= 4 is 5.91 Å². The number of rotatable bonds is 7. The molecule has 0 heterocycles. The van der Waals surface area contributed by atoms with E-state index in [1.807, 2.05) is 13.0 Å². The molecular weight excluding hydrogens is 176 g/mol. The summed E-state index contributed by atoms with van der Waals surface area (Å²) in [5.74, 6) is -0.157. The van der Waals surface area contributed by atoms with Gasteiger partial charge in [-0.05, 0) is 13.3 Å². The van der Waals surface area contributed by atoms with Gasteiger partial charge in [-0.1, -0.05) is 32.6 Å². The number of unbranched alkanes of at least 4 members (excludes halogenated alkanes) is 3. The summed E-state index contributed by atoms with van der Waals surface area (Å²) >= 11 is 0. The first kappa shape index (κ1) is 13.0. The molecule has 0 saturated heterocycles.